The summed E-state index contributed by atoms with van der Waals surface area (Å²) in [5.41, 5.74) is 6.13. The van der Waals surface area contributed by atoms with Crippen molar-refractivity contribution in [2.24, 2.45) is 5.73 Å². The second kappa shape index (κ2) is 4.32. The Bertz CT molecular complexity index is 405. The monoisotopic (exact) mass is 219 g/mol. The Kier molecular flexibility index (Phi) is 2.87. The van der Waals surface area contributed by atoms with Crippen LogP contribution in [0.3, 0.4) is 0 Å². The molecule has 1 aliphatic rings. The van der Waals surface area contributed by atoms with E-state index in [9.17, 15) is 9.59 Å². The molecule has 0 spiro atoms. The minimum Gasteiger partial charge on any atom is -0.341 e. The number of carbonyl (C=O) groups excluding carboxylic acids is 2. The Morgan fingerprint density at radius 3 is 2.38 bits per heavy atom. The van der Waals surface area contributed by atoms with Gasteiger partial charge in [0.1, 0.15) is 12.1 Å². The Hall–Kier alpha value is -1.88. The normalized spacial score (nSPS) is 24.8. The molecule has 1 saturated heterocycles. The third-order valence-electron chi connectivity index (χ3n) is 2.55. The van der Waals surface area contributed by atoms with Crippen LogP contribution in [0.15, 0.2) is 30.3 Å². The van der Waals surface area contributed by atoms with Crippen LogP contribution in [0, 0.1) is 0 Å². The second-order valence-electron chi connectivity index (χ2n) is 3.65. The minimum absolute atomic E-state index is 0.110. The van der Waals surface area contributed by atoms with E-state index in [1.807, 2.05) is 18.2 Å². The van der Waals surface area contributed by atoms with Crippen LogP contribution in [0.4, 0.5) is 0 Å². The number of nitrogens with two attached hydrogens (primary N) is 1. The number of amides is 2. The van der Waals surface area contributed by atoms with Crippen molar-refractivity contribution in [2.75, 3.05) is 6.54 Å². The Morgan fingerprint density at radius 1 is 1.06 bits per heavy atom. The van der Waals surface area contributed by atoms with Crippen molar-refractivity contribution in [3.63, 3.8) is 0 Å². The summed E-state index contributed by atoms with van der Waals surface area (Å²) < 4.78 is 0. The number of piperazine rings is 1. The molecule has 1 aliphatic heterocycles. The number of hydrogen-bond acceptors (Lipinski definition) is 3. The van der Waals surface area contributed by atoms with E-state index in [0.717, 1.165) is 5.56 Å². The molecule has 1 heterocycles. The lowest BCUT2D eigenvalue weighted by Gasteiger charge is -2.28. The topological polar surface area (TPSA) is 84.2 Å². The van der Waals surface area contributed by atoms with Crippen LogP contribution in [-0.4, -0.2) is 24.4 Å². The van der Waals surface area contributed by atoms with E-state index in [4.69, 9.17) is 5.73 Å². The summed E-state index contributed by atoms with van der Waals surface area (Å²) in [4.78, 5) is 23.3. The first kappa shape index (κ1) is 10.6. The van der Waals surface area contributed by atoms with Crippen molar-refractivity contribution in [3.8, 4) is 0 Å². The first-order valence-electron chi connectivity index (χ1n) is 5.08. The SMILES string of the molecule is NC[C@@H]1NC(=O)[C@@H](c2ccccc2)NC1=O. The molecule has 4 N–H and O–H groups in total. The Balaban J connectivity index is 2.19. The Morgan fingerprint density at radius 2 is 1.75 bits per heavy atom. The first-order chi connectivity index (χ1) is 7.72. The van der Waals surface area contributed by atoms with Gasteiger partial charge in [-0.1, -0.05) is 30.3 Å². The smallest absolute Gasteiger partial charge is 0.247 e. The van der Waals surface area contributed by atoms with E-state index >= 15 is 0 Å². The van der Waals surface area contributed by atoms with Crippen molar-refractivity contribution >= 4 is 11.8 Å². The number of nitrogens with one attached hydrogen (secondary N) is 2. The molecule has 0 saturated carbocycles. The quantitative estimate of drug-likeness (QED) is 0.615. The molecule has 0 unspecified atom stereocenters. The van der Waals surface area contributed by atoms with E-state index < -0.39 is 12.1 Å². The standard InChI is InChI=1S/C11H13N3O2/c12-6-8-10(15)14-9(11(16)13-8)7-4-2-1-3-5-7/h1-5,8-9H,6,12H2,(H,13,16)(H,14,15)/t8-,9+/m0/s1. The van der Waals surface area contributed by atoms with Crippen LogP contribution in [0.2, 0.25) is 0 Å². The van der Waals surface area contributed by atoms with Gasteiger partial charge < -0.3 is 16.4 Å². The minimum atomic E-state index is -0.618. The molecule has 1 fully saturated rings. The highest BCUT2D eigenvalue weighted by Gasteiger charge is 2.33. The van der Waals surface area contributed by atoms with E-state index in [1.165, 1.54) is 0 Å². The van der Waals surface area contributed by atoms with Gasteiger partial charge in [-0.3, -0.25) is 9.59 Å². The zero-order valence-electron chi connectivity index (χ0n) is 8.64. The van der Waals surface area contributed by atoms with E-state index in [1.54, 1.807) is 12.1 Å². The van der Waals surface area contributed by atoms with Crippen LogP contribution in [0.25, 0.3) is 0 Å². The zero-order chi connectivity index (χ0) is 11.5. The fourth-order valence-corrected chi connectivity index (χ4v) is 1.68. The molecule has 0 radical (unpaired) electrons. The maximum atomic E-state index is 11.7. The van der Waals surface area contributed by atoms with Gasteiger partial charge in [-0.2, -0.15) is 0 Å². The van der Waals surface area contributed by atoms with E-state index in [0.29, 0.717) is 0 Å². The largest absolute Gasteiger partial charge is 0.341 e. The van der Waals surface area contributed by atoms with Gasteiger partial charge in [0.05, 0.1) is 0 Å². The summed E-state index contributed by atoms with van der Waals surface area (Å²) in [6, 6.07) is 7.87. The third kappa shape index (κ3) is 1.90. The van der Waals surface area contributed by atoms with Gasteiger partial charge in [-0.15, -0.1) is 0 Å². The molecule has 16 heavy (non-hydrogen) atoms. The molecule has 0 bridgehead atoms. The van der Waals surface area contributed by atoms with Crippen molar-refractivity contribution in [2.45, 2.75) is 12.1 Å². The molecule has 2 rings (SSSR count). The third-order valence-corrected chi connectivity index (χ3v) is 2.55. The molecular weight excluding hydrogens is 206 g/mol. The summed E-state index contributed by atoms with van der Waals surface area (Å²) in [6.45, 7) is 0.110. The van der Waals surface area contributed by atoms with Crippen LogP contribution in [0.5, 0.6) is 0 Å². The van der Waals surface area contributed by atoms with Crippen LogP contribution in [0.1, 0.15) is 11.6 Å². The predicted molar refractivity (Wildman–Crippen MR) is 58.3 cm³/mol. The molecule has 0 aromatic heterocycles. The van der Waals surface area contributed by atoms with Crippen molar-refractivity contribution < 1.29 is 9.59 Å². The van der Waals surface area contributed by atoms with Crippen molar-refractivity contribution in [3.05, 3.63) is 35.9 Å². The van der Waals surface area contributed by atoms with Crippen LogP contribution in [-0.2, 0) is 9.59 Å². The van der Waals surface area contributed by atoms with Gasteiger partial charge in [-0.25, -0.2) is 0 Å². The highest BCUT2D eigenvalue weighted by Crippen LogP contribution is 2.15. The Labute approximate surface area is 93.0 Å². The summed E-state index contributed by atoms with van der Waals surface area (Å²) in [5, 5.41) is 5.24. The highest BCUT2D eigenvalue weighted by molar-refractivity contribution is 5.97. The van der Waals surface area contributed by atoms with E-state index in [2.05, 4.69) is 10.6 Å². The molecular formula is C11H13N3O2. The van der Waals surface area contributed by atoms with Gasteiger partial charge in [0, 0.05) is 6.54 Å². The summed E-state index contributed by atoms with van der Waals surface area (Å²) in [5.74, 6) is -0.461. The van der Waals surface area contributed by atoms with E-state index in [-0.39, 0.29) is 18.4 Å². The highest BCUT2D eigenvalue weighted by atomic mass is 16.2. The maximum absolute atomic E-state index is 11.7. The van der Waals surface area contributed by atoms with Gasteiger partial charge in [0.25, 0.3) is 0 Å². The summed E-state index contributed by atoms with van der Waals surface area (Å²) in [7, 11) is 0. The van der Waals surface area contributed by atoms with Gasteiger partial charge in [0.15, 0.2) is 0 Å². The molecule has 1 aromatic carbocycles. The lowest BCUT2D eigenvalue weighted by atomic mass is 10.0. The summed E-state index contributed by atoms with van der Waals surface area (Å²) >= 11 is 0. The lowest BCUT2D eigenvalue weighted by Crippen LogP contribution is -2.60. The predicted octanol–water partition coefficient (Wildman–Crippen LogP) is -0.699. The number of benzene rings is 1. The molecule has 5 heteroatoms. The average Bonchev–Trinajstić information content (AvgIpc) is 2.32. The van der Waals surface area contributed by atoms with Crippen molar-refractivity contribution in [1.29, 1.82) is 0 Å². The van der Waals surface area contributed by atoms with Crippen LogP contribution >= 0.6 is 0 Å². The molecule has 5 nitrogen and oxygen atoms in total. The van der Waals surface area contributed by atoms with Gasteiger partial charge in [-0.05, 0) is 5.56 Å². The number of rotatable bonds is 2. The molecule has 84 valence electrons. The fraction of sp³-hybridized carbons (Fsp3) is 0.273. The lowest BCUT2D eigenvalue weighted by molar-refractivity contribution is -0.136. The van der Waals surface area contributed by atoms with Gasteiger partial charge >= 0.3 is 0 Å². The zero-order valence-corrected chi connectivity index (χ0v) is 8.64. The molecule has 0 aliphatic carbocycles. The number of carbonyl (C=O) groups is 2. The molecule has 2 atom stereocenters. The average molecular weight is 219 g/mol. The van der Waals surface area contributed by atoms with Crippen LogP contribution < -0.4 is 16.4 Å². The van der Waals surface area contributed by atoms with Gasteiger partial charge in [0.2, 0.25) is 11.8 Å². The number of hydrogen-bond donors (Lipinski definition) is 3. The summed E-state index contributed by atoms with van der Waals surface area (Å²) in [6.07, 6.45) is 0. The molecule has 1 aromatic rings. The molecule has 2 amide bonds. The first-order valence-corrected chi connectivity index (χ1v) is 5.08. The van der Waals surface area contributed by atoms with Crippen molar-refractivity contribution in [1.82, 2.24) is 10.6 Å². The fourth-order valence-electron chi connectivity index (χ4n) is 1.68. The maximum Gasteiger partial charge on any atom is 0.247 e. The second-order valence-corrected chi connectivity index (χ2v) is 3.65.